The van der Waals surface area contributed by atoms with E-state index < -0.39 is 12.0 Å². The minimum atomic E-state index is -0.963. The lowest BCUT2D eigenvalue weighted by atomic mass is 10.4. The third-order valence-corrected chi connectivity index (χ3v) is 0.390. The molecule has 0 rings (SSSR count). The van der Waals surface area contributed by atoms with Gasteiger partial charge in [0.1, 0.15) is 6.04 Å². The molecule has 0 unspecified atom stereocenters. The zero-order valence-electron chi connectivity index (χ0n) is 3.92. The van der Waals surface area contributed by atoms with Crippen LogP contribution < -0.4 is 5.73 Å². The summed E-state index contributed by atoms with van der Waals surface area (Å²) in [5.74, 6) is -0.963. The minimum Gasteiger partial charge on any atom is -0.480 e. The molecule has 0 bridgehead atoms. The summed E-state index contributed by atoms with van der Waals surface area (Å²) in [6, 6.07) is -0.731. The first-order chi connectivity index (χ1) is 2.64. The van der Waals surface area contributed by atoms with Crippen molar-refractivity contribution in [2.75, 3.05) is 0 Å². The highest BCUT2D eigenvalue weighted by Crippen LogP contribution is 1.68. The second-order valence-electron chi connectivity index (χ2n) is 1.13. The number of carbonyl (C=O) groups is 1. The highest BCUT2D eigenvalue weighted by Gasteiger charge is 1.99. The maximum atomic E-state index is 9.57. The Morgan fingerprint density at radius 2 is 2.00 bits per heavy atom. The molecule has 44 valence electrons. The van der Waals surface area contributed by atoms with Gasteiger partial charge < -0.3 is 10.8 Å². The lowest BCUT2D eigenvalue weighted by molar-refractivity contribution is -0.138. The van der Waals surface area contributed by atoms with Crippen molar-refractivity contribution < 1.29 is 14.6 Å². The summed E-state index contributed by atoms with van der Waals surface area (Å²) < 4.78 is 0. The highest BCUT2D eigenvalue weighted by atomic mass is 19.0. The van der Waals surface area contributed by atoms with Gasteiger partial charge in [0.05, 0.1) is 0 Å². The molecular weight excluding hydrogens is 101 g/mol. The molecule has 0 aromatic carbocycles. The molecule has 0 aromatic heterocycles. The van der Waals surface area contributed by atoms with Gasteiger partial charge in [-0.1, -0.05) is 0 Å². The summed E-state index contributed by atoms with van der Waals surface area (Å²) in [5.41, 5.74) is 4.84. The van der Waals surface area contributed by atoms with Crippen molar-refractivity contribution in [3.63, 3.8) is 0 Å². The van der Waals surface area contributed by atoms with Crippen LogP contribution in [-0.2, 0) is 4.79 Å². The van der Waals surface area contributed by atoms with Crippen molar-refractivity contribution in [3.8, 4) is 0 Å². The molecule has 0 saturated carbocycles. The Bertz CT molecular complexity index is 64.0. The van der Waals surface area contributed by atoms with Crippen molar-refractivity contribution in [1.29, 1.82) is 0 Å². The maximum absolute atomic E-state index is 9.57. The zero-order chi connectivity index (χ0) is 5.15. The Morgan fingerprint density at radius 3 is 2.00 bits per heavy atom. The van der Waals surface area contributed by atoms with E-state index in [-0.39, 0.29) is 4.70 Å². The Balaban J connectivity index is 0. The van der Waals surface area contributed by atoms with Gasteiger partial charge >= 0.3 is 5.97 Å². The lowest BCUT2D eigenvalue weighted by Gasteiger charge is -1.90. The molecule has 0 amide bonds. The second kappa shape index (κ2) is 3.55. The first-order valence-electron chi connectivity index (χ1n) is 1.63. The van der Waals surface area contributed by atoms with Crippen LogP contribution in [0.2, 0.25) is 0 Å². The number of hydrogen-bond donors (Lipinski definition) is 2. The standard InChI is InChI=1S/C3H7NO2.FH/c1-2(4)3(5)6;/h2H,4H2,1H3,(H,5,6);1H/t2-;/m0./s1. The number of carboxylic acid groups (broad SMARTS) is 1. The van der Waals surface area contributed by atoms with E-state index in [9.17, 15) is 4.79 Å². The monoisotopic (exact) mass is 109 g/mol. The first-order valence-corrected chi connectivity index (χ1v) is 1.63. The van der Waals surface area contributed by atoms with E-state index in [2.05, 4.69) is 0 Å². The zero-order valence-corrected chi connectivity index (χ0v) is 3.92. The third kappa shape index (κ3) is 5.36. The molecule has 0 aliphatic rings. The van der Waals surface area contributed by atoms with Gasteiger partial charge in [0.15, 0.2) is 0 Å². The van der Waals surface area contributed by atoms with Crippen molar-refractivity contribution in [1.82, 2.24) is 0 Å². The van der Waals surface area contributed by atoms with E-state index in [4.69, 9.17) is 10.8 Å². The van der Waals surface area contributed by atoms with Crippen molar-refractivity contribution in [2.45, 2.75) is 13.0 Å². The Labute approximate surface area is 40.5 Å². The molecule has 3 N–H and O–H groups in total. The highest BCUT2D eigenvalue weighted by molar-refractivity contribution is 5.72. The minimum absolute atomic E-state index is 0. The van der Waals surface area contributed by atoms with Gasteiger partial charge in [0.25, 0.3) is 0 Å². The molecule has 0 saturated heterocycles. The summed E-state index contributed by atoms with van der Waals surface area (Å²) in [7, 11) is 0. The molecule has 4 heteroatoms. The summed E-state index contributed by atoms with van der Waals surface area (Å²) in [4.78, 5) is 9.57. The van der Waals surface area contributed by atoms with Crippen molar-refractivity contribution >= 4 is 5.97 Å². The molecule has 0 aliphatic carbocycles. The smallest absolute Gasteiger partial charge is 0.320 e. The van der Waals surface area contributed by atoms with E-state index in [1.165, 1.54) is 6.92 Å². The van der Waals surface area contributed by atoms with Gasteiger partial charge in [-0.3, -0.25) is 9.50 Å². The van der Waals surface area contributed by atoms with Crippen LogP contribution in [0.4, 0.5) is 4.70 Å². The van der Waals surface area contributed by atoms with Crippen molar-refractivity contribution in [2.24, 2.45) is 5.73 Å². The Hall–Kier alpha value is -0.640. The molecule has 7 heavy (non-hydrogen) atoms. The number of nitrogens with two attached hydrogens (primary N) is 1. The predicted octanol–water partition coefficient (Wildman–Crippen LogP) is -0.429. The maximum Gasteiger partial charge on any atom is 0.320 e. The second-order valence-corrected chi connectivity index (χ2v) is 1.13. The van der Waals surface area contributed by atoms with Crippen LogP contribution in [0.5, 0.6) is 0 Å². The van der Waals surface area contributed by atoms with E-state index in [0.29, 0.717) is 0 Å². The van der Waals surface area contributed by atoms with E-state index in [1.54, 1.807) is 0 Å². The summed E-state index contributed by atoms with van der Waals surface area (Å²) >= 11 is 0. The SMILES string of the molecule is C[C@H](N)C(=O)O.F. The van der Waals surface area contributed by atoms with Crippen LogP contribution in [0.3, 0.4) is 0 Å². The number of halogens is 1. The van der Waals surface area contributed by atoms with Crippen LogP contribution in [-0.4, -0.2) is 17.1 Å². The van der Waals surface area contributed by atoms with Crippen LogP contribution in [0.1, 0.15) is 6.92 Å². The van der Waals surface area contributed by atoms with E-state index >= 15 is 0 Å². The largest absolute Gasteiger partial charge is 0.480 e. The molecule has 1 atom stereocenters. The molecule has 0 heterocycles. The van der Waals surface area contributed by atoms with Crippen LogP contribution in [0.25, 0.3) is 0 Å². The van der Waals surface area contributed by atoms with Crippen LogP contribution in [0.15, 0.2) is 0 Å². The quantitative estimate of drug-likeness (QED) is 0.480. The number of carboxylic acids is 1. The molecular formula is C3H8FNO2. The summed E-state index contributed by atoms with van der Waals surface area (Å²) in [6.07, 6.45) is 0. The van der Waals surface area contributed by atoms with E-state index in [0.717, 1.165) is 0 Å². The van der Waals surface area contributed by atoms with Gasteiger partial charge in [0.2, 0.25) is 0 Å². The fourth-order valence-corrected chi connectivity index (χ4v) is 0. The fraction of sp³-hybridized carbons (Fsp3) is 0.667. The molecule has 0 radical (unpaired) electrons. The average Bonchev–Trinajstić information content (AvgIpc) is 1.36. The van der Waals surface area contributed by atoms with E-state index in [1.807, 2.05) is 0 Å². The Morgan fingerprint density at radius 1 is 1.86 bits per heavy atom. The Kier molecular flexibility index (Phi) is 4.87. The molecule has 3 nitrogen and oxygen atoms in total. The topological polar surface area (TPSA) is 63.3 Å². The van der Waals surface area contributed by atoms with Crippen LogP contribution >= 0.6 is 0 Å². The number of hydrogen-bond acceptors (Lipinski definition) is 2. The van der Waals surface area contributed by atoms with Gasteiger partial charge in [-0.2, -0.15) is 0 Å². The van der Waals surface area contributed by atoms with Gasteiger partial charge in [0, 0.05) is 0 Å². The van der Waals surface area contributed by atoms with Gasteiger partial charge in [-0.05, 0) is 6.92 Å². The van der Waals surface area contributed by atoms with Crippen molar-refractivity contribution in [3.05, 3.63) is 0 Å². The average molecular weight is 109 g/mol. The summed E-state index contributed by atoms with van der Waals surface area (Å²) in [5, 5.41) is 7.87. The summed E-state index contributed by atoms with van der Waals surface area (Å²) in [6.45, 7) is 1.42. The molecule has 0 aliphatic heterocycles. The third-order valence-electron chi connectivity index (χ3n) is 0.390. The number of aliphatic carboxylic acids is 1. The lowest BCUT2D eigenvalue weighted by Crippen LogP contribution is -2.25. The number of rotatable bonds is 1. The van der Waals surface area contributed by atoms with Crippen LogP contribution in [0, 0.1) is 0 Å². The molecule has 0 spiro atoms. The normalized spacial score (nSPS) is 11.7. The van der Waals surface area contributed by atoms with Gasteiger partial charge in [-0.15, -0.1) is 0 Å². The first kappa shape index (κ1) is 9.61. The fourth-order valence-electron chi connectivity index (χ4n) is 0. The van der Waals surface area contributed by atoms with Gasteiger partial charge in [-0.25, -0.2) is 0 Å². The molecule has 0 aromatic rings. The predicted molar refractivity (Wildman–Crippen MR) is 23.8 cm³/mol. The molecule has 0 fully saturated rings.